The van der Waals surface area contributed by atoms with Gasteiger partial charge in [0.15, 0.2) is 5.82 Å². The lowest BCUT2D eigenvalue weighted by atomic mass is 10.0. The summed E-state index contributed by atoms with van der Waals surface area (Å²) in [6.45, 7) is 2.01. The predicted octanol–water partition coefficient (Wildman–Crippen LogP) is 4.98. The Kier molecular flexibility index (Phi) is 4.84. The number of aromatic nitrogens is 1. The zero-order chi connectivity index (χ0) is 19.7. The van der Waals surface area contributed by atoms with Crippen molar-refractivity contribution in [1.82, 2.24) is 4.98 Å². The molecule has 0 radical (unpaired) electrons. The van der Waals surface area contributed by atoms with Crippen LogP contribution in [0.15, 0.2) is 59.7 Å². The van der Waals surface area contributed by atoms with Crippen molar-refractivity contribution in [3.63, 3.8) is 0 Å². The van der Waals surface area contributed by atoms with Crippen molar-refractivity contribution in [3.8, 4) is 5.75 Å². The molecule has 2 heterocycles. The van der Waals surface area contributed by atoms with E-state index in [1.807, 2.05) is 19.1 Å². The monoisotopic (exact) mass is 391 g/mol. The zero-order valence-corrected chi connectivity index (χ0v) is 16.2. The van der Waals surface area contributed by atoms with Crippen molar-refractivity contribution < 1.29 is 9.53 Å². The second kappa shape index (κ2) is 7.44. The number of amides is 1. The van der Waals surface area contributed by atoms with Crippen LogP contribution in [0.3, 0.4) is 0 Å². The number of halogens is 1. The number of para-hydroxylation sites is 1. The smallest absolute Gasteiger partial charge is 0.259 e. The molecule has 0 aliphatic carbocycles. The standard InChI is InChI=1S/C22H18ClN3O2/c1-13-9-14-10-19(26-21(14)24-12-13)17-11-15(7-8-18(17)23)25-22(27)16-5-3-4-6-20(16)28-2/h3-9,11-12H,10H2,1-2H3,(H,25,27). The molecule has 0 fully saturated rings. The summed E-state index contributed by atoms with van der Waals surface area (Å²) in [5, 5.41) is 3.49. The van der Waals surface area contributed by atoms with E-state index in [0.717, 1.165) is 28.2 Å². The number of benzene rings is 2. The molecule has 0 atom stereocenters. The van der Waals surface area contributed by atoms with Gasteiger partial charge in [0.2, 0.25) is 0 Å². The minimum Gasteiger partial charge on any atom is -0.496 e. The minimum atomic E-state index is -0.250. The number of fused-ring (bicyclic) bond motifs is 1. The van der Waals surface area contributed by atoms with Crippen LogP contribution >= 0.6 is 11.6 Å². The molecule has 0 saturated carbocycles. The van der Waals surface area contributed by atoms with Gasteiger partial charge in [0, 0.05) is 34.5 Å². The van der Waals surface area contributed by atoms with Gasteiger partial charge in [-0.2, -0.15) is 0 Å². The van der Waals surface area contributed by atoms with E-state index >= 15 is 0 Å². The lowest BCUT2D eigenvalue weighted by Crippen LogP contribution is -2.13. The molecular formula is C22H18ClN3O2. The largest absolute Gasteiger partial charge is 0.496 e. The first kappa shape index (κ1) is 18.2. The van der Waals surface area contributed by atoms with Crippen molar-refractivity contribution in [1.29, 1.82) is 0 Å². The number of ether oxygens (including phenoxy) is 1. The first-order valence-corrected chi connectivity index (χ1v) is 9.20. The van der Waals surface area contributed by atoms with Gasteiger partial charge < -0.3 is 10.1 Å². The molecule has 1 aromatic heterocycles. The van der Waals surface area contributed by atoms with Gasteiger partial charge in [-0.25, -0.2) is 9.98 Å². The van der Waals surface area contributed by atoms with E-state index in [0.29, 0.717) is 28.4 Å². The van der Waals surface area contributed by atoms with Crippen molar-refractivity contribution in [2.45, 2.75) is 13.3 Å². The number of carbonyl (C=O) groups is 1. The van der Waals surface area contributed by atoms with E-state index < -0.39 is 0 Å². The highest BCUT2D eigenvalue weighted by molar-refractivity contribution is 6.34. The Balaban J connectivity index is 1.61. The molecule has 1 aliphatic rings. The molecule has 6 heteroatoms. The van der Waals surface area contributed by atoms with Gasteiger partial charge in [0.1, 0.15) is 5.75 Å². The summed E-state index contributed by atoms with van der Waals surface area (Å²) < 4.78 is 5.27. The van der Waals surface area contributed by atoms with Crippen LogP contribution in [-0.2, 0) is 6.42 Å². The third-order valence-corrected chi connectivity index (χ3v) is 4.89. The molecule has 0 spiro atoms. The molecule has 28 heavy (non-hydrogen) atoms. The Morgan fingerprint density at radius 3 is 2.82 bits per heavy atom. The molecular weight excluding hydrogens is 374 g/mol. The number of aliphatic imine (C=N–C) groups is 1. The van der Waals surface area contributed by atoms with Crippen LogP contribution < -0.4 is 10.1 Å². The third kappa shape index (κ3) is 3.49. The SMILES string of the molecule is COc1ccccc1C(=O)Nc1ccc(Cl)c(C2=Nc3ncc(C)cc3C2)c1. The molecule has 0 bridgehead atoms. The average Bonchev–Trinajstić information content (AvgIpc) is 3.12. The van der Waals surface area contributed by atoms with Crippen molar-refractivity contribution in [3.05, 3.63) is 82.0 Å². The Bertz CT molecular complexity index is 1110. The average molecular weight is 392 g/mol. The number of pyridine rings is 1. The van der Waals surface area contributed by atoms with Crippen LogP contribution in [-0.4, -0.2) is 23.7 Å². The maximum absolute atomic E-state index is 12.7. The number of methoxy groups -OCH3 is 1. The summed E-state index contributed by atoms with van der Waals surface area (Å²) in [6.07, 6.45) is 2.46. The number of hydrogen-bond acceptors (Lipinski definition) is 4. The second-order valence-electron chi connectivity index (χ2n) is 6.58. The fourth-order valence-corrected chi connectivity index (χ4v) is 3.44. The topological polar surface area (TPSA) is 63.6 Å². The quantitative estimate of drug-likeness (QED) is 0.682. The van der Waals surface area contributed by atoms with E-state index in [4.69, 9.17) is 16.3 Å². The third-order valence-electron chi connectivity index (χ3n) is 4.57. The maximum Gasteiger partial charge on any atom is 0.259 e. The van der Waals surface area contributed by atoms with Crippen LogP contribution in [0.5, 0.6) is 5.75 Å². The highest BCUT2D eigenvalue weighted by atomic mass is 35.5. The summed E-state index contributed by atoms with van der Waals surface area (Å²) >= 11 is 6.42. The van der Waals surface area contributed by atoms with E-state index in [1.165, 1.54) is 7.11 Å². The normalized spacial score (nSPS) is 12.3. The number of hydrogen-bond donors (Lipinski definition) is 1. The summed E-state index contributed by atoms with van der Waals surface area (Å²) in [5.41, 5.74) is 4.90. The van der Waals surface area contributed by atoms with Gasteiger partial charge in [-0.05, 0) is 42.8 Å². The van der Waals surface area contributed by atoms with Crippen molar-refractivity contribution in [2.24, 2.45) is 4.99 Å². The molecule has 1 N–H and O–H groups in total. The lowest BCUT2D eigenvalue weighted by Gasteiger charge is -2.11. The molecule has 1 aliphatic heterocycles. The summed E-state index contributed by atoms with van der Waals surface area (Å²) in [7, 11) is 1.54. The van der Waals surface area contributed by atoms with Crippen molar-refractivity contribution in [2.75, 3.05) is 12.4 Å². The Hall–Kier alpha value is -3.18. The van der Waals surface area contributed by atoms with Gasteiger partial charge in [-0.1, -0.05) is 29.8 Å². The highest BCUT2D eigenvalue weighted by Crippen LogP contribution is 2.31. The van der Waals surface area contributed by atoms with E-state index in [2.05, 4.69) is 21.4 Å². The van der Waals surface area contributed by atoms with Gasteiger partial charge in [0.25, 0.3) is 5.91 Å². The van der Waals surface area contributed by atoms with Crippen molar-refractivity contribution >= 4 is 34.7 Å². The predicted molar refractivity (Wildman–Crippen MR) is 111 cm³/mol. The minimum absolute atomic E-state index is 0.250. The van der Waals surface area contributed by atoms with Crippen LogP contribution in [0, 0.1) is 6.92 Å². The van der Waals surface area contributed by atoms with Gasteiger partial charge in [-0.3, -0.25) is 4.79 Å². The molecule has 0 unspecified atom stereocenters. The molecule has 2 aromatic carbocycles. The number of nitrogens with zero attached hydrogens (tertiary/aromatic N) is 2. The first-order valence-electron chi connectivity index (χ1n) is 8.82. The number of anilines is 1. The lowest BCUT2D eigenvalue weighted by molar-refractivity contribution is 0.102. The summed E-state index contributed by atoms with van der Waals surface area (Å²) in [5.74, 6) is 0.992. The van der Waals surface area contributed by atoms with Crippen LogP contribution in [0.25, 0.3) is 0 Å². The number of nitrogens with one attached hydrogen (secondary N) is 1. The first-order chi connectivity index (χ1) is 13.5. The van der Waals surface area contributed by atoms with Crippen LogP contribution in [0.4, 0.5) is 11.5 Å². The number of aryl methyl sites for hydroxylation is 1. The summed E-state index contributed by atoms with van der Waals surface area (Å²) in [4.78, 5) is 21.7. The maximum atomic E-state index is 12.7. The fourth-order valence-electron chi connectivity index (χ4n) is 3.21. The zero-order valence-electron chi connectivity index (χ0n) is 15.5. The number of rotatable bonds is 4. The Labute approximate surface area is 168 Å². The highest BCUT2D eigenvalue weighted by Gasteiger charge is 2.20. The number of carbonyl (C=O) groups excluding carboxylic acids is 1. The molecule has 5 nitrogen and oxygen atoms in total. The molecule has 4 rings (SSSR count). The van der Waals surface area contributed by atoms with Gasteiger partial charge in [0.05, 0.1) is 18.4 Å². The summed E-state index contributed by atoms with van der Waals surface area (Å²) in [6, 6.07) is 14.5. The van der Waals surface area contributed by atoms with Crippen LogP contribution in [0.2, 0.25) is 5.02 Å². The molecule has 3 aromatic rings. The van der Waals surface area contributed by atoms with Gasteiger partial charge >= 0.3 is 0 Å². The van der Waals surface area contributed by atoms with E-state index in [9.17, 15) is 4.79 Å². The molecule has 140 valence electrons. The van der Waals surface area contributed by atoms with Crippen LogP contribution in [0.1, 0.15) is 27.0 Å². The fraction of sp³-hybridized carbons (Fsp3) is 0.136. The molecule has 0 saturated heterocycles. The molecule has 1 amide bonds. The van der Waals surface area contributed by atoms with Gasteiger partial charge in [-0.15, -0.1) is 0 Å². The van der Waals surface area contributed by atoms with E-state index in [-0.39, 0.29) is 5.91 Å². The van der Waals surface area contributed by atoms with E-state index in [1.54, 1.807) is 36.5 Å². The Morgan fingerprint density at radius 2 is 2.00 bits per heavy atom. The Morgan fingerprint density at radius 1 is 1.18 bits per heavy atom. The second-order valence-corrected chi connectivity index (χ2v) is 6.99.